The second kappa shape index (κ2) is 32.9. The van der Waals surface area contributed by atoms with Crippen LogP contribution in [0, 0.1) is 0 Å². The van der Waals surface area contributed by atoms with Crippen LogP contribution in [-0.4, -0.2) is 97.2 Å². The zero-order valence-electron chi connectivity index (χ0n) is 54.1. The molecule has 6 aromatic carbocycles. The van der Waals surface area contributed by atoms with Crippen molar-refractivity contribution < 1.29 is 71.2 Å². The lowest BCUT2D eigenvalue weighted by Gasteiger charge is -2.27. The number of aryl methyl sites for hydroxylation is 2. The summed E-state index contributed by atoms with van der Waals surface area (Å²) in [6.07, 6.45) is 15.8. The van der Waals surface area contributed by atoms with E-state index in [2.05, 4.69) is 86.7 Å². The first kappa shape index (κ1) is 66.1. The molecule has 0 spiro atoms. The molecule has 15 heteroatoms. The van der Waals surface area contributed by atoms with Gasteiger partial charge in [-0.2, -0.15) is 0 Å². The molecular formula is C76H90O15. The maximum atomic E-state index is 12.6. The Bertz CT molecular complexity index is 3490. The van der Waals surface area contributed by atoms with Gasteiger partial charge in [-0.1, -0.05) is 81.7 Å². The summed E-state index contributed by atoms with van der Waals surface area (Å²) in [4.78, 5) is 37.6. The third-order valence-electron chi connectivity index (χ3n) is 17.2. The van der Waals surface area contributed by atoms with Crippen molar-refractivity contribution in [1.29, 1.82) is 0 Å². The monoisotopic (exact) mass is 1240 g/mol. The van der Waals surface area contributed by atoms with E-state index in [1.165, 1.54) is 30.4 Å². The maximum absolute atomic E-state index is 12.6. The number of Topliss-reactive ketones (excluding diaryl/α,β-unsaturated/α-hetero) is 3. The first-order valence-electron chi connectivity index (χ1n) is 33.1. The smallest absolute Gasteiger partial charge is 0.231 e. The largest absolute Gasteiger partial charge is 0.494 e. The average molecular weight is 1240 g/mol. The molecule has 91 heavy (non-hydrogen) atoms. The predicted octanol–water partition coefficient (Wildman–Crippen LogP) is 14.9. The molecular weight excluding hydrogens is 1150 g/mol. The van der Waals surface area contributed by atoms with Crippen LogP contribution >= 0.6 is 0 Å². The molecule has 0 fully saturated rings. The molecule has 484 valence electrons. The van der Waals surface area contributed by atoms with Crippen molar-refractivity contribution in [2.24, 2.45) is 0 Å². The summed E-state index contributed by atoms with van der Waals surface area (Å²) in [6.45, 7) is 18.6. The Kier molecular flexibility index (Phi) is 23.9. The summed E-state index contributed by atoms with van der Waals surface area (Å²) in [7, 11) is 0. The lowest BCUT2D eigenvalue weighted by atomic mass is 9.77. The fourth-order valence-corrected chi connectivity index (χ4v) is 12.9. The molecule has 3 heterocycles. The van der Waals surface area contributed by atoms with E-state index in [0.29, 0.717) is 98.0 Å². The number of carbonyl (C=O) groups excluding carboxylic acids is 3. The first-order chi connectivity index (χ1) is 44.6. The molecule has 0 bridgehead atoms. The zero-order chi connectivity index (χ0) is 63.5. The predicted molar refractivity (Wildman–Crippen MR) is 350 cm³/mol. The third kappa shape index (κ3) is 17.0. The van der Waals surface area contributed by atoms with E-state index in [9.17, 15) is 14.4 Å². The molecule has 6 aromatic rings. The van der Waals surface area contributed by atoms with Crippen LogP contribution in [0.3, 0.4) is 0 Å². The van der Waals surface area contributed by atoms with E-state index in [4.69, 9.17) is 56.8 Å². The molecule has 12 rings (SSSR count). The topological polar surface area (TPSA) is 162 Å². The molecule has 0 amide bonds. The Morgan fingerprint density at radius 2 is 0.791 bits per heavy atom. The number of ether oxygens (including phenoxy) is 12. The molecule has 0 aromatic heterocycles. The van der Waals surface area contributed by atoms with Gasteiger partial charge in [0.2, 0.25) is 20.4 Å². The number of hydrogen-bond acceptors (Lipinski definition) is 15. The molecule has 6 aliphatic rings. The lowest BCUT2D eigenvalue weighted by molar-refractivity contribution is -0.119. The summed E-state index contributed by atoms with van der Waals surface area (Å²) < 4.78 is 67.7. The number of ketones is 3. The second-order valence-electron chi connectivity index (χ2n) is 23.6. The van der Waals surface area contributed by atoms with Crippen molar-refractivity contribution in [3.8, 4) is 51.7 Å². The molecule has 3 unspecified atom stereocenters. The van der Waals surface area contributed by atoms with Gasteiger partial charge in [-0.25, -0.2) is 0 Å². The van der Waals surface area contributed by atoms with Crippen LogP contribution in [0.4, 0.5) is 0 Å². The molecule has 3 aliphatic heterocycles. The van der Waals surface area contributed by atoms with Gasteiger partial charge in [0.15, 0.2) is 34.5 Å². The molecule has 3 aliphatic carbocycles. The number of rotatable bonds is 27. The Hall–Kier alpha value is -7.85. The van der Waals surface area contributed by atoms with E-state index in [-0.39, 0.29) is 55.5 Å². The number of fused-ring (bicyclic) bond motifs is 6. The SMILES string of the molecule is CCC/C=C/c1ccc(C2CC(=O)Cc3cc4c(cc32)OCO4)c(OCC)c1.CCCCCc1ccc(C2CC(=O)Cc3cc4c(cc32)OCO4)c(OCC)c1.CCOCCOCCOCCCc1ccc(C2CC(=O)Cc3cc4c(cc32)OCO4)c(OCC)c1. The summed E-state index contributed by atoms with van der Waals surface area (Å²) in [5, 5.41) is 0. The van der Waals surface area contributed by atoms with Crippen molar-refractivity contribution in [1.82, 2.24) is 0 Å². The summed E-state index contributed by atoms with van der Waals surface area (Å²) in [6, 6.07) is 31.2. The Labute approximate surface area is 536 Å². The van der Waals surface area contributed by atoms with E-state index >= 15 is 0 Å². The van der Waals surface area contributed by atoms with E-state index in [1.807, 2.05) is 58.0 Å². The summed E-state index contributed by atoms with van der Waals surface area (Å²) in [5.41, 5.74) is 13.3. The van der Waals surface area contributed by atoms with E-state index in [0.717, 1.165) is 139 Å². The highest BCUT2D eigenvalue weighted by Crippen LogP contribution is 2.49. The van der Waals surface area contributed by atoms with Crippen molar-refractivity contribution in [3.05, 3.63) is 164 Å². The number of hydrogen-bond donors (Lipinski definition) is 0. The minimum Gasteiger partial charge on any atom is -0.494 e. The summed E-state index contributed by atoms with van der Waals surface area (Å²) in [5.74, 6) is 7.71. The van der Waals surface area contributed by atoms with Gasteiger partial charge in [-0.3, -0.25) is 14.4 Å². The van der Waals surface area contributed by atoms with Gasteiger partial charge in [0.05, 0.1) is 46.2 Å². The second-order valence-corrected chi connectivity index (χ2v) is 23.6. The molecule has 3 atom stereocenters. The van der Waals surface area contributed by atoms with Gasteiger partial charge in [-0.05, 0) is 164 Å². The summed E-state index contributed by atoms with van der Waals surface area (Å²) >= 11 is 0. The minimum absolute atomic E-state index is 0.00279. The van der Waals surface area contributed by atoms with Crippen LogP contribution in [0.15, 0.2) is 97.1 Å². The molecule has 0 saturated heterocycles. The normalized spacial score (nSPS) is 17.2. The first-order valence-corrected chi connectivity index (χ1v) is 33.1. The van der Waals surface area contributed by atoms with Crippen LogP contribution in [0.5, 0.6) is 51.7 Å². The Morgan fingerprint density at radius 1 is 0.396 bits per heavy atom. The molecule has 0 N–H and O–H groups in total. The van der Waals surface area contributed by atoms with Crippen LogP contribution in [-0.2, 0) is 60.7 Å². The highest BCUT2D eigenvalue weighted by molar-refractivity contribution is 5.87. The van der Waals surface area contributed by atoms with Gasteiger partial charge in [0.25, 0.3) is 0 Å². The lowest BCUT2D eigenvalue weighted by Crippen LogP contribution is -2.20. The van der Waals surface area contributed by atoms with Crippen LogP contribution in [0.25, 0.3) is 6.08 Å². The highest BCUT2D eigenvalue weighted by atomic mass is 16.7. The van der Waals surface area contributed by atoms with Crippen molar-refractivity contribution in [2.75, 3.05) is 79.8 Å². The number of carbonyl (C=O) groups is 3. The van der Waals surface area contributed by atoms with E-state index in [1.54, 1.807) is 0 Å². The van der Waals surface area contributed by atoms with Gasteiger partial charge in [-0.15, -0.1) is 0 Å². The Balaban J connectivity index is 0.000000151. The number of allylic oxidation sites excluding steroid dienone is 1. The highest BCUT2D eigenvalue weighted by Gasteiger charge is 2.35. The van der Waals surface area contributed by atoms with Crippen molar-refractivity contribution in [2.45, 2.75) is 149 Å². The molecule has 15 nitrogen and oxygen atoms in total. The number of unbranched alkanes of at least 4 members (excludes halogenated alkanes) is 3. The average Bonchev–Trinajstić information content (AvgIpc) is 1.78. The van der Waals surface area contributed by atoms with Crippen molar-refractivity contribution >= 4 is 23.4 Å². The fraction of sp³-hybridized carbons (Fsp3) is 0.461. The van der Waals surface area contributed by atoms with Crippen molar-refractivity contribution in [3.63, 3.8) is 0 Å². The van der Waals surface area contributed by atoms with Gasteiger partial charge < -0.3 is 56.8 Å². The number of benzene rings is 6. The van der Waals surface area contributed by atoms with Gasteiger partial charge >= 0.3 is 0 Å². The standard InChI is InChI=1S/C28H36O7.C24H28O4.C24H26O4/c1-3-30-10-11-32-13-12-31-9-5-6-20-7-8-23(26(14-20)33-4-2)25-17-22(29)15-21-16-27-28(18-24(21)25)35-19-34-27;2*1-3-5-6-7-16-8-9-19(22(10-16)26-4-2)21-13-18(25)11-17-12-23-24(14-20(17)21)28-15-27-23/h7-8,14,16,18,25H,3-6,9-13,15,17,19H2,1-2H3;8-10,12,14,21H,3-7,11,13,15H2,1-2H3;6-10,12,14,21H,3-5,11,13,15H2,1-2H3/b;;7-6+. The Morgan fingerprint density at radius 3 is 1.21 bits per heavy atom. The molecule has 0 saturated carbocycles. The third-order valence-corrected chi connectivity index (χ3v) is 17.2. The fourth-order valence-electron chi connectivity index (χ4n) is 12.9. The quantitative estimate of drug-likeness (QED) is 0.0448. The zero-order valence-corrected chi connectivity index (χ0v) is 54.1. The van der Waals surface area contributed by atoms with Gasteiger partial charge in [0.1, 0.15) is 34.6 Å². The van der Waals surface area contributed by atoms with E-state index < -0.39 is 0 Å². The minimum atomic E-state index is -0.0533. The molecule has 0 radical (unpaired) electrons. The van der Waals surface area contributed by atoms with Crippen LogP contribution in [0.1, 0.15) is 184 Å². The van der Waals surface area contributed by atoms with Crippen LogP contribution in [0.2, 0.25) is 0 Å². The maximum Gasteiger partial charge on any atom is 0.231 e. The van der Waals surface area contributed by atoms with Gasteiger partial charge in [0, 0.05) is 86.2 Å². The van der Waals surface area contributed by atoms with Crippen LogP contribution < -0.4 is 42.6 Å².